The van der Waals surface area contributed by atoms with Gasteiger partial charge in [-0.2, -0.15) is 4.39 Å². The fourth-order valence-corrected chi connectivity index (χ4v) is 1.59. The molecule has 0 atom stereocenters. The number of esters is 1. The SMILES string of the molecule is COC(=O)c1cc(B(O)O)c(F)s1. The summed E-state index contributed by atoms with van der Waals surface area (Å²) < 4.78 is 17.2. The Hall–Kier alpha value is -0.915. The first-order valence-corrected chi connectivity index (χ1v) is 4.11. The summed E-state index contributed by atoms with van der Waals surface area (Å²) in [5.41, 5.74) is -0.314. The summed E-state index contributed by atoms with van der Waals surface area (Å²) in [6.45, 7) is 0. The molecule has 0 aliphatic carbocycles. The Bertz CT molecular complexity index is 324. The van der Waals surface area contributed by atoms with Crippen molar-refractivity contribution in [2.75, 3.05) is 7.11 Å². The van der Waals surface area contributed by atoms with Crippen LogP contribution in [-0.2, 0) is 4.74 Å². The van der Waals surface area contributed by atoms with Gasteiger partial charge in [0.15, 0.2) is 5.13 Å². The van der Waals surface area contributed by atoms with Crippen molar-refractivity contribution in [2.45, 2.75) is 0 Å². The largest absolute Gasteiger partial charge is 0.492 e. The van der Waals surface area contributed by atoms with Crippen LogP contribution in [-0.4, -0.2) is 30.2 Å². The standard InChI is InChI=1S/C6H6BFO4S/c1-12-6(9)4-2-3(7(10)11)5(8)13-4/h2,10-11H,1H3. The molecule has 1 aromatic heterocycles. The highest BCUT2D eigenvalue weighted by atomic mass is 32.1. The van der Waals surface area contributed by atoms with Crippen molar-refractivity contribution in [3.05, 3.63) is 16.1 Å². The highest BCUT2D eigenvalue weighted by molar-refractivity contribution is 7.13. The predicted molar refractivity (Wildman–Crippen MR) is 45.4 cm³/mol. The fraction of sp³-hybridized carbons (Fsp3) is 0.167. The molecule has 70 valence electrons. The number of ether oxygens (including phenoxy) is 1. The third-order valence-corrected chi connectivity index (χ3v) is 2.30. The van der Waals surface area contributed by atoms with Gasteiger partial charge >= 0.3 is 13.1 Å². The number of rotatable bonds is 2. The van der Waals surface area contributed by atoms with Gasteiger partial charge in [0.2, 0.25) is 0 Å². The van der Waals surface area contributed by atoms with Crippen molar-refractivity contribution in [1.29, 1.82) is 0 Å². The van der Waals surface area contributed by atoms with E-state index in [1.807, 2.05) is 0 Å². The molecular formula is C6H6BFO4S. The van der Waals surface area contributed by atoms with Gasteiger partial charge in [-0.15, -0.1) is 0 Å². The van der Waals surface area contributed by atoms with Crippen LogP contribution in [0.3, 0.4) is 0 Å². The summed E-state index contributed by atoms with van der Waals surface area (Å²) in [5.74, 6) is -0.698. The Morgan fingerprint density at radius 1 is 1.69 bits per heavy atom. The zero-order valence-corrected chi connectivity index (χ0v) is 7.47. The smallest absolute Gasteiger partial charge is 0.465 e. The molecule has 0 saturated carbocycles. The maximum atomic E-state index is 12.8. The average molecular weight is 204 g/mol. The summed E-state index contributed by atoms with van der Waals surface area (Å²) in [6, 6.07) is 1.05. The highest BCUT2D eigenvalue weighted by Crippen LogP contribution is 2.13. The second kappa shape index (κ2) is 3.86. The zero-order chi connectivity index (χ0) is 10.0. The lowest BCUT2D eigenvalue weighted by atomic mass is 9.82. The van der Waals surface area contributed by atoms with Crippen molar-refractivity contribution in [3.8, 4) is 0 Å². The molecule has 0 unspecified atom stereocenters. The minimum Gasteiger partial charge on any atom is -0.465 e. The van der Waals surface area contributed by atoms with Crippen LogP contribution in [0, 0.1) is 5.13 Å². The van der Waals surface area contributed by atoms with Crippen LogP contribution in [0.15, 0.2) is 6.07 Å². The van der Waals surface area contributed by atoms with E-state index in [-0.39, 0.29) is 10.3 Å². The summed E-state index contributed by atoms with van der Waals surface area (Å²) in [7, 11) is -0.746. The molecule has 1 heterocycles. The molecule has 0 aliphatic heterocycles. The summed E-state index contributed by atoms with van der Waals surface area (Å²) >= 11 is 0.514. The topological polar surface area (TPSA) is 66.8 Å². The number of methoxy groups -OCH3 is 1. The minimum atomic E-state index is -1.91. The first-order valence-electron chi connectivity index (χ1n) is 3.30. The van der Waals surface area contributed by atoms with E-state index in [1.54, 1.807) is 0 Å². The molecule has 0 aromatic carbocycles. The van der Waals surface area contributed by atoms with E-state index in [4.69, 9.17) is 10.0 Å². The number of hydrogen-bond acceptors (Lipinski definition) is 5. The van der Waals surface area contributed by atoms with Crippen molar-refractivity contribution in [2.24, 2.45) is 0 Å². The van der Waals surface area contributed by atoms with Gasteiger partial charge in [-0.3, -0.25) is 0 Å². The molecule has 0 bridgehead atoms. The van der Waals surface area contributed by atoms with Crippen LogP contribution < -0.4 is 5.46 Å². The second-order valence-corrected chi connectivity index (χ2v) is 3.21. The molecule has 7 heteroatoms. The van der Waals surface area contributed by atoms with Gasteiger partial charge in [0.1, 0.15) is 4.88 Å². The normalized spacial score (nSPS) is 9.85. The fourth-order valence-electron chi connectivity index (χ4n) is 0.760. The van der Waals surface area contributed by atoms with E-state index in [9.17, 15) is 9.18 Å². The Morgan fingerprint density at radius 2 is 2.31 bits per heavy atom. The minimum absolute atomic E-state index is 0.00287. The Kier molecular flexibility index (Phi) is 3.02. The first-order chi connectivity index (χ1) is 6.06. The number of carbonyl (C=O) groups is 1. The molecular weight excluding hydrogens is 198 g/mol. The number of thiophene rings is 1. The highest BCUT2D eigenvalue weighted by Gasteiger charge is 2.22. The van der Waals surface area contributed by atoms with Crippen molar-refractivity contribution >= 4 is 29.9 Å². The van der Waals surface area contributed by atoms with Crippen LogP contribution >= 0.6 is 11.3 Å². The molecule has 2 N–H and O–H groups in total. The van der Waals surface area contributed by atoms with Crippen LogP contribution in [0.4, 0.5) is 4.39 Å². The molecule has 0 saturated heterocycles. The third-order valence-electron chi connectivity index (χ3n) is 1.38. The van der Waals surface area contributed by atoms with Crippen LogP contribution in [0.2, 0.25) is 0 Å². The molecule has 1 aromatic rings. The predicted octanol–water partition coefficient (Wildman–Crippen LogP) is -0.646. The molecule has 13 heavy (non-hydrogen) atoms. The molecule has 0 amide bonds. The van der Waals surface area contributed by atoms with Crippen molar-refractivity contribution < 1.29 is 24.0 Å². The van der Waals surface area contributed by atoms with Crippen LogP contribution in [0.1, 0.15) is 9.67 Å². The maximum Gasteiger partial charge on any atom is 0.492 e. The quantitative estimate of drug-likeness (QED) is 0.496. The van der Waals surface area contributed by atoms with Crippen molar-refractivity contribution in [3.63, 3.8) is 0 Å². The zero-order valence-electron chi connectivity index (χ0n) is 6.65. The molecule has 4 nitrogen and oxygen atoms in total. The van der Waals surface area contributed by atoms with Gasteiger partial charge in [0.05, 0.1) is 7.11 Å². The maximum absolute atomic E-state index is 12.8. The summed E-state index contributed by atoms with van der Waals surface area (Å²) in [4.78, 5) is 10.9. The Balaban J connectivity index is 3.02. The molecule has 0 spiro atoms. The van der Waals surface area contributed by atoms with Crippen molar-refractivity contribution in [1.82, 2.24) is 0 Å². The molecule has 0 fully saturated rings. The van der Waals surface area contributed by atoms with E-state index in [2.05, 4.69) is 4.74 Å². The Morgan fingerprint density at radius 3 is 2.69 bits per heavy atom. The van der Waals surface area contributed by atoms with Gasteiger partial charge in [0.25, 0.3) is 0 Å². The lowest BCUT2D eigenvalue weighted by Crippen LogP contribution is -2.30. The number of carbonyl (C=O) groups excluding carboxylic acids is 1. The van der Waals surface area contributed by atoms with E-state index in [0.717, 1.165) is 13.2 Å². The van der Waals surface area contributed by atoms with Gasteiger partial charge in [-0.1, -0.05) is 11.3 Å². The van der Waals surface area contributed by atoms with E-state index >= 15 is 0 Å². The van der Waals surface area contributed by atoms with Gasteiger partial charge < -0.3 is 14.8 Å². The monoisotopic (exact) mass is 204 g/mol. The average Bonchev–Trinajstić information content (AvgIpc) is 2.46. The lowest BCUT2D eigenvalue weighted by molar-refractivity contribution is 0.0606. The van der Waals surface area contributed by atoms with Crippen LogP contribution in [0.5, 0.6) is 0 Å². The van der Waals surface area contributed by atoms with E-state index in [1.165, 1.54) is 0 Å². The van der Waals surface area contributed by atoms with E-state index < -0.39 is 18.2 Å². The lowest BCUT2D eigenvalue weighted by Gasteiger charge is -1.92. The number of halogens is 1. The third kappa shape index (κ3) is 2.06. The van der Waals surface area contributed by atoms with E-state index in [0.29, 0.717) is 11.3 Å². The Labute approximate surface area is 77.7 Å². The van der Waals surface area contributed by atoms with Crippen LogP contribution in [0.25, 0.3) is 0 Å². The molecule has 1 rings (SSSR count). The molecule has 0 radical (unpaired) electrons. The summed E-state index contributed by atoms with van der Waals surface area (Å²) in [5, 5.41) is 16.5. The summed E-state index contributed by atoms with van der Waals surface area (Å²) in [6.07, 6.45) is 0. The first kappa shape index (κ1) is 10.2. The molecule has 0 aliphatic rings. The van der Waals surface area contributed by atoms with Gasteiger partial charge in [-0.05, 0) is 6.07 Å². The second-order valence-electron chi connectivity index (χ2n) is 2.20. The van der Waals surface area contributed by atoms with Gasteiger partial charge in [-0.25, -0.2) is 4.79 Å². The van der Waals surface area contributed by atoms with Gasteiger partial charge in [0, 0.05) is 5.46 Å². The number of hydrogen-bond donors (Lipinski definition) is 2.